The van der Waals surface area contributed by atoms with Crippen molar-refractivity contribution in [2.75, 3.05) is 37.7 Å². The number of fused-ring (bicyclic) bond motifs is 1. The van der Waals surface area contributed by atoms with Crippen molar-refractivity contribution in [3.05, 3.63) is 22.7 Å². The number of amides is 1. The average molecular weight is 331 g/mol. The zero-order valence-corrected chi connectivity index (χ0v) is 14.0. The van der Waals surface area contributed by atoms with Crippen molar-refractivity contribution in [1.29, 1.82) is 0 Å². The zero-order chi connectivity index (χ0) is 15.6. The molecule has 3 aliphatic rings. The highest BCUT2D eigenvalue weighted by Crippen LogP contribution is 2.30. The number of thiophene rings is 1. The van der Waals surface area contributed by atoms with Crippen LogP contribution in [-0.4, -0.2) is 49.5 Å². The van der Waals surface area contributed by atoms with E-state index in [4.69, 9.17) is 4.74 Å². The predicted octanol–water partition coefficient (Wildman–Crippen LogP) is 2.74. The van der Waals surface area contributed by atoms with Crippen molar-refractivity contribution in [3.8, 4) is 0 Å². The molecule has 0 aromatic carbocycles. The Morgan fingerprint density at radius 2 is 2.00 bits per heavy atom. The van der Waals surface area contributed by atoms with E-state index in [1.807, 2.05) is 11.0 Å². The summed E-state index contributed by atoms with van der Waals surface area (Å²) in [6, 6.07) is 4.22. The predicted molar refractivity (Wildman–Crippen MR) is 92.9 cm³/mol. The topological polar surface area (TPSA) is 45.1 Å². The maximum absolute atomic E-state index is 12.5. The van der Waals surface area contributed by atoms with Crippen LogP contribution in [-0.2, 0) is 9.53 Å². The minimum Gasteiger partial charge on any atom is -0.378 e. The molecule has 1 aromatic heterocycles. The number of rotatable bonds is 2. The highest BCUT2D eigenvalue weighted by atomic mass is 32.1. The summed E-state index contributed by atoms with van der Waals surface area (Å²) in [7, 11) is 0. The van der Waals surface area contributed by atoms with Gasteiger partial charge in [-0.1, -0.05) is 6.42 Å². The Bertz CT molecular complexity index is 659. The fourth-order valence-corrected chi connectivity index (χ4v) is 4.25. The number of aliphatic imine (C=N–C) groups is 1. The van der Waals surface area contributed by atoms with Gasteiger partial charge in [0.25, 0.3) is 5.91 Å². The van der Waals surface area contributed by atoms with Crippen molar-refractivity contribution in [2.24, 2.45) is 4.99 Å². The van der Waals surface area contributed by atoms with Crippen molar-refractivity contribution in [1.82, 2.24) is 4.90 Å². The summed E-state index contributed by atoms with van der Waals surface area (Å²) in [4.78, 5) is 22.4. The molecule has 0 radical (unpaired) electrons. The van der Waals surface area contributed by atoms with Crippen molar-refractivity contribution < 1.29 is 9.53 Å². The number of hydrogen-bond donors (Lipinski definition) is 0. The van der Waals surface area contributed by atoms with Gasteiger partial charge < -0.3 is 9.64 Å². The second-order valence-corrected chi connectivity index (χ2v) is 7.19. The van der Waals surface area contributed by atoms with E-state index in [9.17, 15) is 4.79 Å². The number of anilines is 1. The minimum atomic E-state index is 0.0724. The standard InChI is InChI=1S/C17H21N3O2S/c21-17-14(18-15-4-2-1-3-7-20(15)17)12-13-5-6-16(23-13)19-8-10-22-11-9-19/h5-6,12H,1-4,7-11H2/b14-12+. The van der Waals surface area contributed by atoms with E-state index in [0.29, 0.717) is 5.70 Å². The van der Waals surface area contributed by atoms with Crippen LogP contribution in [0.1, 0.15) is 30.6 Å². The van der Waals surface area contributed by atoms with Gasteiger partial charge in [-0.3, -0.25) is 9.69 Å². The molecule has 122 valence electrons. The molecule has 0 spiro atoms. The average Bonchev–Trinajstić information content (AvgIpc) is 3.07. The second-order valence-electron chi connectivity index (χ2n) is 6.10. The fraction of sp³-hybridized carbons (Fsp3) is 0.529. The Hall–Kier alpha value is -1.66. The lowest BCUT2D eigenvalue weighted by molar-refractivity contribution is -0.122. The van der Waals surface area contributed by atoms with Crippen LogP contribution >= 0.6 is 11.3 Å². The molecule has 0 N–H and O–H groups in total. The van der Waals surface area contributed by atoms with Crippen LogP contribution in [0.15, 0.2) is 22.8 Å². The Kier molecular flexibility index (Phi) is 4.18. The number of carbonyl (C=O) groups is 1. The van der Waals surface area contributed by atoms with Crippen LogP contribution < -0.4 is 4.90 Å². The number of amidine groups is 1. The van der Waals surface area contributed by atoms with E-state index in [1.165, 1.54) is 11.4 Å². The third kappa shape index (κ3) is 3.05. The summed E-state index contributed by atoms with van der Waals surface area (Å²) >= 11 is 1.72. The molecule has 0 saturated carbocycles. The lowest BCUT2D eigenvalue weighted by Gasteiger charge is -2.27. The summed E-state index contributed by atoms with van der Waals surface area (Å²) in [5.74, 6) is 1.03. The lowest BCUT2D eigenvalue weighted by atomic mass is 10.2. The number of morpholine rings is 1. The maximum atomic E-state index is 12.5. The molecule has 4 rings (SSSR count). The molecule has 0 atom stereocenters. The normalized spacial score (nSPS) is 23.9. The monoisotopic (exact) mass is 331 g/mol. The van der Waals surface area contributed by atoms with E-state index in [1.54, 1.807) is 11.3 Å². The lowest BCUT2D eigenvalue weighted by Crippen LogP contribution is -2.35. The first-order valence-corrected chi connectivity index (χ1v) is 9.16. The van der Waals surface area contributed by atoms with Gasteiger partial charge in [0.2, 0.25) is 0 Å². The summed E-state index contributed by atoms with van der Waals surface area (Å²) < 4.78 is 5.40. The molecule has 0 aliphatic carbocycles. The summed E-state index contributed by atoms with van der Waals surface area (Å²) in [6.45, 7) is 4.26. The van der Waals surface area contributed by atoms with Crippen molar-refractivity contribution in [3.63, 3.8) is 0 Å². The number of carbonyl (C=O) groups excluding carboxylic acids is 1. The molecule has 1 amide bonds. The van der Waals surface area contributed by atoms with Crippen LogP contribution in [0.2, 0.25) is 0 Å². The molecular formula is C17H21N3O2S. The first-order valence-electron chi connectivity index (χ1n) is 8.35. The SMILES string of the molecule is O=C1/C(=C\c2ccc(N3CCOCC3)s2)N=C2CCCCCN12. The Balaban J connectivity index is 1.54. The molecule has 0 bridgehead atoms. The largest absolute Gasteiger partial charge is 0.378 e. The van der Waals surface area contributed by atoms with Crippen LogP contribution in [0, 0.1) is 0 Å². The van der Waals surface area contributed by atoms with E-state index in [0.717, 1.165) is 62.8 Å². The van der Waals surface area contributed by atoms with E-state index in [2.05, 4.69) is 22.0 Å². The molecule has 23 heavy (non-hydrogen) atoms. The van der Waals surface area contributed by atoms with Gasteiger partial charge in [-0.15, -0.1) is 11.3 Å². The van der Waals surface area contributed by atoms with Crippen molar-refractivity contribution in [2.45, 2.75) is 25.7 Å². The Morgan fingerprint density at radius 3 is 2.87 bits per heavy atom. The molecule has 2 saturated heterocycles. The molecule has 3 aliphatic heterocycles. The summed E-state index contributed by atoms with van der Waals surface area (Å²) in [6.07, 6.45) is 6.27. The van der Waals surface area contributed by atoms with Crippen LogP contribution in [0.25, 0.3) is 6.08 Å². The van der Waals surface area contributed by atoms with Crippen molar-refractivity contribution >= 4 is 34.2 Å². The molecule has 6 heteroatoms. The van der Waals surface area contributed by atoms with Gasteiger partial charge in [0.15, 0.2) is 0 Å². The van der Waals surface area contributed by atoms with Gasteiger partial charge in [-0.2, -0.15) is 0 Å². The third-order valence-corrected chi connectivity index (χ3v) is 5.61. The molecule has 5 nitrogen and oxygen atoms in total. The highest BCUT2D eigenvalue weighted by molar-refractivity contribution is 7.16. The smallest absolute Gasteiger partial charge is 0.277 e. The van der Waals surface area contributed by atoms with Gasteiger partial charge >= 0.3 is 0 Å². The third-order valence-electron chi connectivity index (χ3n) is 4.52. The summed E-state index contributed by atoms with van der Waals surface area (Å²) in [5.41, 5.74) is 0.595. The second kappa shape index (κ2) is 6.45. The molecule has 0 unspecified atom stereocenters. The first-order chi connectivity index (χ1) is 11.3. The van der Waals surface area contributed by atoms with Gasteiger partial charge in [0.1, 0.15) is 11.5 Å². The maximum Gasteiger partial charge on any atom is 0.277 e. The molecule has 1 aromatic rings. The van der Waals surface area contributed by atoms with E-state index < -0.39 is 0 Å². The minimum absolute atomic E-state index is 0.0724. The van der Waals surface area contributed by atoms with Crippen LogP contribution in [0.5, 0.6) is 0 Å². The van der Waals surface area contributed by atoms with Gasteiger partial charge in [-0.25, -0.2) is 4.99 Å². The quantitative estimate of drug-likeness (QED) is 0.783. The summed E-state index contributed by atoms with van der Waals surface area (Å²) in [5, 5.41) is 1.24. The number of hydrogen-bond acceptors (Lipinski definition) is 5. The Morgan fingerprint density at radius 1 is 1.13 bits per heavy atom. The molecule has 2 fully saturated rings. The number of nitrogens with zero attached hydrogens (tertiary/aromatic N) is 3. The van der Waals surface area contributed by atoms with E-state index in [-0.39, 0.29) is 5.91 Å². The zero-order valence-electron chi connectivity index (χ0n) is 13.2. The van der Waals surface area contributed by atoms with E-state index >= 15 is 0 Å². The fourth-order valence-electron chi connectivity index (χ4n) is 3.26. The first kappa shape index (κ1) is 14.9. The Labute approximate surface area is 140 Å². The van der Waals surface area contributed by atoms with Gasteiger partial charge in [0, 0.05) is 30.9 Å². The van der Waals surface area contributed by atoms with Gasteiger partial charge in [-0.05, 0) is 31.1 Å². The van der Waals surface area contributed by atoms with Crippen LogP contribution in [0.3, 0.4) is 0 Å². The van der Waals surface area contributed by atoms with Gasteiger partial charge in [0.05, 0.1) is 18.2 Å². The highest BCUT2D eigenvalue weighted by Gasteiger charge is 2.30. The molecular weight excluding hydrogens is 310 g/mol. The number of ether oxygens (including phenoxy) is 1. The van der Waals surface area contributed by atoms with Crippen LogP contribution in [0.4, 0.5) is 5.00 Å². The molecule has 4 heterocycles.